The Balaban J connectivity index is 1.96. The van der Waals surface area contributed by atoms with E-state index in [1.54, 1.807) is 0 Å². The van der Waals surface area contributed by atoms with Gasteiger partial charge in [0.25, 0.3) is 5.91 Å². The summed E-state index contributed by atoms with van der Waals surface area (Å²) < 4.78 is 36.0. The SMILES string of the molecule is CC(OC(=O)Cn1ncn(C)c1=O)C(=O)Nc1ccccc1OC(F)F. The van der Waals surface area contributed by atoms with Crippen molar-refractivity contribution in [2.75, 3.05) is 5.32 Å². The summed E-state index contributed by atoms with van der Waals surface area (Å²) >= 11 is 0. The minimum atomic E-state index is -3.06. The fourth-order valence-corrected chi connectivity index (χ4v) is 1.94. The van der Waals surface area contributed by atoms with Crippen molar-refractivity contribution in [2.24, 2.45) is 7.05 Å². The second-order valence-electron chi connectivity index (χ2n) is 5.18. The quantitative estimate of drug-likeness (QED) is 0.722. The molecule has 0 aliphatic rings. The van der Waals surface area contributed by atoms with E-state index < -0.39 is 36.8 Å². The number of carbonyl (C=O) groups excluding carboxylic acids is 2. The summed E-state index contributed by atoms with van der Waals surface area (Å²) in [4.78, 5) is 35.5. The third-order valence-corrected chi connectivity index (χ3v) is 3.20. The van der Waals surface area contributed by atoms with Crippen LogP contribution in [0, 0.1) is 0 Å². The number of halogens is 2. The van der Waals surface area contributed by atoms with Gasteiger partial charge < -0.3 is 14.8 Å². The molecule has 1 aromatic carbocycles. The molecular formula is C15H16F2N4O5. The standard InChI is InChI=1S/C15H16F2N4O5/c1-9(25-12(22)7-21-15(24)20(2)8-18-21)13(23)19-10-5-3-4-6-11(10)26-14(16)17/h3-6,8-9,14H,7H2,1-2H3,(H,19,23). The van der Waals surface area contributed by atoms with Gasteiger partial charge in [-0.15, -0.1) is 0 Å². The Labute approximate surface area is 146 Å². The summed E-state index contributed by atoms with van der Waals surface area (Å²) in [7, 11) is 1.46. The van der Waals surface area contributed by atoms with Crippen LogP contribution in [-0.4, -0.2) is 38.9 Å². The lowest BCUT2D eigenvalue weighted by Crippen LogP contribution is -2.33. The van der Waals surface area contributed by atoms with Crippen LogP contribution in [0.2, 0.25) is 0 Å². The maximum absolute atomic E-state index is 12.4. The molecule has 2 aromatic rings. The number of para-hydroxylation sites is 2. The summed E-state index contributed by atoms with van der Waals surface area (Å²) in [5, 5.41) is 6.03. The first-order chi connectivity index (χ1) is 12.3. The molecule has 26 heavy (non-hydrogen) atoms. The Morgan fingerprint density at radius 2 is 2.00 bits per heavy atom. The first kappa shape index (κ1) is 19.1. The average Bonchev–Trinajstić information content (AvgIpc) is 2.88. The summed E-state index contributed by atoms with van der Waals surface area (Å²) in [5.74, 6) is -1.84. The number of ether oxygens (including phenoxy) is 2. The first-order valence-corrected chi connectivity index (χ1v) is 7.40. The molecule has 0 saturated heterocycles. The maximum atomic E-state index is 12.4. The van der Waals surface area contributed by atoms with Crippen molar-refractivity contribution in [2.45, 2.75) is 26.2 Å². The summed E-state index contributed by atoms with van der Waals surface area (Å²) in [6.45, 7) is -2.23. The van der Waals surface area contributed by atoms with Crippen LogP contribution in [0.3, 0.4) is 0 Å². The first-order valence-electron chi connectivity index (χ1n) is 7.40. The molecule has 2 rings (SSSR count). The molecule has 140 valence electrons. The van der Waals surface area contributed by atoms with Crippen LogP contribution in [0.1, 0.15) is 6.92 Å². The molecule has 1 atom stereocenters. The van der Waals surface area contributed by atoms with Gasteiger partial charge in [0.1, 0.15) is 18.6 Å². The summed E-state index contributed by atoms with van der Waals surface area (Å²) in [5.41, 5.74) is -0.515. The average molecular weight is 370 g/mol. The molecule has 11 heteroatoms. The lowest BCUT2D eigenvalue weighted by Gasteiger charge is -2.15. The van der Waals surface area contributed by atoms with Crippen molar-refractivity contribution in [3.63, 3.8) is 0 Å². The maximum Gasteiger partial charge on any atom is 0.387 e. The van der Waals surface area contributed by atoms with E-state index in [1.165, 1.54) is 49.1 Å². The van der Waals surface area contributed by atoms with Crippen molar-refractivity contribution in [1.82, 2.24) is 14.3 Å². The van der Waals surface area contributed by atoms with Gasteiger partial charge in [-0.05, 0) is 19.1 Å². The predicted octanol–water partition coefficient (Wildman–Crippen LogP) is 0.754. The number of rotatable bonds is 7. The molecule has 1 amide bonds. The molecule has 0 bridgehead atoms. The largest absolute Gasteiger partial charge is 0.451 e. The monoisotopic (exact) mass is 370 g/mol. The summed E-state index contributed by atoms with van der Waals surface area (Å²) in [6, 6.07) is 5.59. The van der Waals surface area contributed by atoms with Gasteiger partial charge in [-0.25, -0.2) is 9.48 Å². The van der Waals surface area contributed by atoms with Crippen LogP contribution in [0.25, 0.3) is 0 Å². The third-order valence-electron chi connectivity index (χ3n) is 3.20. The van der Waals surface area contributed by atoms with Gasteiger partial charge in [0.15, 0.2) is 6.10 Å². The van der Waals surface area contributed by atoms with Gasteiger partial charge >= 0.3 is 18.3 Å². The Morgan fingerprint density at radius 1 is 1.31 bits per heavy atom. The van der Waals surface area contributed by atoms with Gasteiger partial charge in [-0.1, -0.05) is 12.1 Å². The zero-order chi connectivity index (χ0) is 19.3. The number of amides is 1. The minimum Gasteiger partial charge on any atom is -0.451 e. The van der Waals surface area contributed by atoms with Crippen LogP contribution in [-0.2, 0) is 27.9 Å². The molecular weight excluding hydrogens is 354 g/mol. The van der Waals surface area contributed by atoms with Crippen LogP contribution >= 0.6 is 0 Å². The van der Waals surface area contributed by atoms with Gasteiger partial charge in [0, 0.05) is 7.05 Å². The number of hydrogen-bond acceptors (Lipinski definition) is 6. The second kappa shape index (κ2) is 8.23. The molecule has 1 aromatic heterocycles. The Bertz CT molecular complexity index is 849. The predicted molar refractivity (Wildman–Crippen MR) is 84.7 cm³/mol. The van der Waals surface area contributed by atoms with E-state index in [1.807, 2.05) is 0 Å². The second-order valence-corrected chi connectivity index (χ2v) is 5.18. The highest BCUT2D eigenvalue weighted by Gasteiger charge is 2.21. The zero-order valence-corrected chi connectivity index (χ0v) is 13.9. The number of nitrogens with one attached hydrogen (secondary N) is 1. The number of anilines is 1. The minimum absolute atomic E-state index is 0.00152. The van der Waals surface area contributed by atoms with Gasteiger partial charge in [-0.2, -0.15) is 13.9 Å². The number of esters is 1. The molecule has 1 unspecified atom stereocenters. The van der Waals surface area contributed by atoms with E-state index in [9.17, 15) is 23.2 Å². The fourth-order valence-electron chi connectivity index (χ4n) is 1.94. The number of carbonyl (C=O) groups is 2. The molecule has 0 saturated carbocycles. The van der Waals surface area contributed by atoms with Crippen molar-refractivity contribution < 1.29 is 27.8 Å². The number of hydrogen-bond donors (Lipinski definition) is 1. The normalized spacial score (nSPS) is 11.9. The highest BCUT2D eigenvalue weighted by molar-refractivity contribution is 5.96. The summed E-state index contributed by atoms with van der Waals surface area (Å²) in [6.07, 6.45) is -0.00683. The van der Waals surface area contributed by atoms with Crippen LogP contribution in [0.15, 0.2) is 35.4 Å². The Kier molecular flexibility index (Phi) is 6.04. The zero-order valence-electron chi connectivity index (χ0n) is 13.9. The highest BCUT2D eigenvalue weighted by atomic mass is 19.3. The lowest BCUT2D eigenvalue weighted by molar-refractivity contribution is -0.154. The van der Waals surface area contributed by atoms with E-state index in [0.29, 0.717) is 0 Å². The molecule has 1 heterocycles. The number of nitrogens with zero attached hydrogens (tertiary/aromatic N) is 3. The third kappa shape index (κ3) is 4.88. The number of aromatic nitrogens is 3. The molecule has 0 aliphatic heterocycles. The highest BCUT2D eigenvalue weighted by Crippen LogP contribution is 2.25. The van der Waals surface area contributed by atoms with Crippen LogP contribution < -0.4 is 15.7 Å². The van der Waals surface area contributed by atoms with E-state index in [-0.39, 0.29) is 11.4 Å². The Morgan fingerprint density at radius 3 is 2.62 bits per heavy atom. The van der Waals surface area contributed by atoms with E-state index >= 15 is 0 Å². The van der Waals surface area contributed by atoms with E-state index in [0.717, 1.165) is 4.68 Å². The fraction of sp³-hybridized carbons (Fsp3) is 0.333. The molecule has 0 fully saturated rings. The molecule has 0 spiro atoms. The topological polar surface area (TPSA) is 104 Å². The lowest BCUT2D eigenvalue weighted by atomic mass is 10.2. The Hall–Kier alpha value is -3.24. The van der Waals surface area contributed by atoms with Crippen LogP contribution in [0.4, 0.5) is 14.5 Å². The molecule has 0 radical (unpaired) electrons. The van der Waals surface area contributed by atoms with Gasteiger partial charge in [0.05, 0.1) is 5.69 Å². The van der Waals surface area contributed by atoms with Gasteiger partial charge in [-0.3, -0.25) is 14.2 Å². The van der Waals surface area contributed by atoms with Crippen molar-refractivity contribution in [1.29, 1.82) is 0 Å². The number of benzene rings is 1. The van der Waals surface area contributed by atoms with Crippen molar-refractivity contribution in [3.05, 3.63) is 41.1 Å². The van der Waals surface area contributed by atoms with Crippen LogP contribution in [0.5, 0.6) is 5.75 Å². The van der Waals surface area contributed by atoms with E-state index in [2.05, 4.69) is 15.2 Å². The van der Waals surface area contributed by atoms with Crippen molar-refractivity contribution >= 4 is 17.6 Å². The molecule has 9 nitrogen and oxygen atoms in total. The molecule has 0 aliphatic carbocycles. The van der Waals surface area contributed by atoms with E-state index in [4.69, 9.17) is 4.74 Å². The number of aryl methyl sites for hydroxylation is 1. The smallest absolute Gasteiger partial charge is 0.387 e. The van der Waals surface area contributed by atoms with Gasteiger partial charge in [0.2, 0.25) is 0 Å². The number of alkyl halides is 2. The molecule has 1 N–H and O–H groups in total. The van der Waals surface area contributed by atoms with Crippen molar-refractivity contribution in [3.8, 4) is 5.75 Å².